The molecule has 5 heterocycles. The van der Waals surface area contributed by atoms with E-state index >= 15 is 0 Å². The first kappa shape index (κ1) is 22.4. The van der Waals surface area contributed by atoms with Gasteiger partial charge >= 0.3 is 0 Å². The van der Waals surface area contributed by atoms with Crippen LogP contribution in [0, 0.1) is 5.82 Å². The summed E-state index contributed by atoms with van der Waals surface area (Å²) in [7, 11) is 0. The number of fused-ring (bicyclic) bond motifs is 2. The number of aromatic nitrogens is 3. The summed E-state index contributed by atoms with van der Waals surface area (Å²) >= 11 is 0. The fourth-order valence-corrected chi connectivity index (χ4v) is 4.87. The van der Waals surface area contributed by atoms with Crippen molar-refractivity contribution in [2.45, 2.75) is 25.7 Å². The average molecular weight is 489 g/mol. The number of imidazole rings is 1. The highest BCUT2D eigenvalue weighted by molar-refractivity contribution is 6.06. The molecule has 1 fully saturated rings. The van der Waals surface area contributed by atoms with Crippen molar-refractivity contribution >= 4 is 28.7 Å². The van der Waals surface area contributed by atoms with Crippen LogP contribution in [0.2, 0.25) is 0 Å². The van der Waals surface area contributed by atoms with E-state index in [1.807, 2.05) is 28.7 Å². The molecule has 36 heavy (non-hydrogen) atoms. The number of nitrogens with one attached hydrogen (secondary N) is 2. The summed E-state index contributed by atoms with van der Waals surface area (Å²) in [5.74, 6) is 0.0836. The first-order chi connectivity index (χ1) is 17.5. The maximum atomic E-state index is 13.6. The second-order valence-corrected chi connectivity index (χ2v) is 9.03. The SMILES string of the molecule is CC(O)[C@H]1CN(c2ccnc(Nc3ccc(-c4cnc5cc(F)ccn45)c4c3C(=O)NC4)c2)CCO1. The zero-order chi connectivity index (χ0) is 24.8. The van der Waals surface area contributed by atoms with Crippen LogP contribution >= 0.6 is 0 Å². The number of rotatable bonds is 5. The summed E-state index contributed by atoms with van der Waals surface area (Å²) in [6.07, 6.45) is 4.24. The Morgan fingerprint density at radius 3 is 3.00 bits per heavy atom. The quantitative estimate of drug-likeness (QED) is 0.397. The maximum Gasteiger partial charge on any atom is 0.254 e. The Morgan fingerprint density at radius 2 is 2.14 bits per heavy atom. The number of hydrogen-bond donors (Lipinski definition) is 3. The molecule has 10 heteroatoms. The van der Waals surface area contributed by atoms with Gasteiger partial charge in [-0.05, 0) is 30.7 Å². The summed E-state index contributed by atoms with van der Waals surface area (Å²) in [5.41, 5.74) is 5.14. The first-order valence-electron chi connectivity index (χ1n) is 11.8. The molecule has 2 aliphatic rings. The minimum absolute atomic E-state index is 0.168. The summed E-state index contributed by atoms with van der Waals surface area (Å²) in [4.78, 5) is 23.8. The second-order valence-electron chi connectivity index (χ2n) is 9.03. The highest BCUT2D eigenvalue weighted by Crippen LogP contribution is 2.35. The van der Waals surface area contributed by atoms with E-state index in [1.165, 1.54) is 12.1 Å². The average Bonchev–Trinajstić information content (AvgIpc) is 3.48. The van der Waals surface area contributed by atoms with Crippen LogP contribution in [0.1, 0.15) is 22.8 Å². The van der Waals surface area contributed by atoms with Crippen molar-refractivity contribution in [3.05, 3.63) is 71.9 Å². The number of ether oxygens (including phenoxy) is 1. The molecule has 3 aromatic heterocycles. The standard InChI is InChI=1S/C26H25FN6O3/c1-15(34)22-14-32(8-9-36-22)17-4-6-28-23(11-17)31-20-3-2-18(19-12-30-26(35)25(19)20)21-13-29-24-10-16(27)5-7-33(21)24/h2-7,10-11,13,15,22,34H,8-9,12,14H2,1H3,(H,28,31)(H,30,35)/t15?,22-/m1/s1. The van der Waals surface area contributed by atoms with E-state index in [0.29, 0.717) is 49.0 Å². The molecule has 0 saturated carbocycles. The normalized spacial score (nSPS) is 18.2. The molecule has 2 atom stereocenters. The third kappa shape index (κ3) is 3.94. The molecule has 0 radical (unpaired) electrons. The van der Waals surface area contributed by atoms with Crippen LogP contribution in [-0.4, -0.2) is 57.3 Å². The molecule has 0 spiro atoms. The monoisotopic (exact) mass is 488 g/mol. The van der Waals surface area contributed by atoms with Crippen LogP contribution in [0.4, 0.5) is 21.6 Å². The lowest BCUT2D eigenvalue weighted by molar-refractivity contribution is -0.0364. The van der Waals surface area contributed by atoms with E-state index in [4.69, 9.17) is 4.74 Å². The second kappa shape index (κ2) is 8.89. The van der Waals surface area contributed by atoms with E-state index in [0.717, 1.165) is 22.5 Å². The number of carbonyl (C=O) groups excluding carboxylic acids is 1. The number of halogens is 1. The summed E-state index contributed by atoms with van der Waals surface area (Å²) in [5, 5.41) is 16.2. The van der Waals surface area contributed by atoms with E-state index in [1.54, 1.807) is 25.5 Å². The molecule has 0 bridgehead atoms. The summed E-state index contributed by atoms with van der Waals surface area (Å²) in [6.45, 7) is 3.94. The molecule has 1 amide bonds. The van der Waals surface area contributed by atoms with Gasteiger partial charge in [0.2, 0.25) is 0 Å². The van der Waals surface area contributed by atoms with E-state index < -0.39 is 6.10 Å². The van der Waals surface area contributed by atoms with Gasteiger partial charge in [-0.25, -0.2) is 14.4 Å². The molecular formula is C26H25FN6O3. The van der Waals surface area contributed by atoms with E-state index in [2.05, 4.69) is 25.5 Å². The number of nitrogens with zero attached hydrogens (tertiary/aromatic N) is 4. The highest BCUT2D eigenvalue weighted by Gasteiger charge is 2.28. The molecule has 6 rings (SSSR count). The number of benzene rings is 1. The molecule has 9 nitrogen and oxygen atoms in total. The van der Waals surface area contributed by atoms with Gasteiger partial charge in [-0.2, -0.15) is 0 Å². The van der Waals surface area contributed by atoms with Gasteiger partial charge in [-0.1, -0.05) is 6.07 Å². The zero-order valence-electron chi connectivity index (χ0n) is 19.6. The molecule has 184 valence electrons. The van der Waals surface area contributed by atoms with Crippen LogP contribution in [0.15, 0.2) is 55.0 Å². The topological polar surface area (TPSA) is 104 Å². The highest BCUT2D eigenvalue weighted by atomic mass is 19.1. The van der Waals surface area contributed by atoms with Gasteiger partial charge in [0.05, 0.1) is 35.9 Å². The number of carbonyl (C=O) groups is 1. The van der Waals surface area contributed by atoms with Crippen molar-refractivity contribution in [2.75, 3.05) is 29.9 Å². The fraction of sp³-hybridized carbons (Fsp3) is 0.269. The maximum absolute atomic E-state index is 13.6. The Kier molecular flexibility index (Phi) is 5.54. The van der Waals surface area contributed by atoms with Gasteiger partial charge in [0, 0.05) is 55.4 Å². The number of morpholine rings is 1. The zero-order valence-corrected chi connectivity index (χ0v) is 19.6. The molecular weight excluding hydrogens is 463 g/mol. The van der Waals surface area contributed by atoms with Gasteiger partial charge < -0.3 is 25.4 Å². The van der Waals surface area contributed by atoms with Crippen molar-refractivity contribution in [2.24, 2.45) is 0 Å². The number of pyridine rings is 2. The predicted molar refractivity (Wildman–Crippen MR) is 133 cm³/mol. The van der Waals surface area contributed by atoms with Gasteiger partial charge in [0.15, 0.2) is 0 Å². The van der Waals surface area contributed by atoms with Gasteiger partial charge in [-0.15, -0.1) is 0 Å². The Hall–Kier alpha value is -4.02. The number of aliphatic hydroxyl groups excluding tert-OH is 1. The lowest BCUT2D eigenvalue weighted by Crippen LogP contribution is -2.47. The van der Waals surface area contributed by atoms with E-state index in [9.17, 15) is 14.3 Å². The minimum Gasteiger partial charge on any atom is -0.391 e. The predicted octanol–water partition coefficient (Wildman–Crippen LogP) is 3.11. The third-order valence-corrected chi connectivity index (χ3v) is 6.72. The Morgan fingerprint density at radius 1 is 1.25 bits per heavy atom. The van der Waals surface area contributed by atoms with Gasteiger partial charge in [0.25, 0.3) is 5.91 Å². The fourth-order valence-electron chi connectivity index (χ4n) is 4.87. The number of hydrogen-bond acceptors (Lipinski definition) is 7. The first-order valence-corrected chi connectivity index (χ1v) is 11.8. The van der Waals surface area contributed by atoms with Crippen LogP contribution in [-0.2, 0) is 11.3 Å². The molecule has 1 unspecified atom stereocenters. The molecule has 3 N–H and O–H groups in total. The minimum atomic E-state index is -0.557. The number of aliphatic hydroxyl groups is 1. The van der Waals surface area contributed by atoms with Gasteiger partial charge in [0.1, 0.15) is 23.4 Å². The van der Waals surface area contributed by atoms with Crippen molar-refractivity contribution in [1.29, 1.82) is 0 Å². The van der Waals surface area contributed by atoms with Crippen LogP contribution in [0.25, 0.3) is 16.9 Å². The molecule has 4 aromatic rings. The number of amides is 1. The summed E-state index contributed by atoms with van der Waals surface area (Å²) < 4.78 is 21.1. The smallest absolute Gasteiger partial charge is 0.254 e. The largest absolute Gasteiger partial charge is 0.391 e. The van der Waals surface area contributed by atoms with Crippen LogP contribution < -0.4 is 15.5 Å². The molecule has 0 aliphatic carbocycles. The van der Waals surface area contributed by atoms with Crippen molar-refractivity contribution in [3.63, 3.8) is 0 Å². The Bertz CT molecular complexity index is 1470. The van der Waals surface area contributed by atoms with Gasteiger partial charge in [-0.3, -0.25) is 9.20 Å². The van der Waals surface area contributed by atoms with Crippen LogP contribution in [0.3, 0.4) is 0 Å². The summed E-state index contributed by atoms with van der Waals surface area (Å²) in [6, 6.07) is 10.4. The van der Waals surface area contributed by atoms with E-state index in [-0.39, 0.29) is 17.8 Å². The lowest BCUT2D eigenvalue weighted by atomic mass is 9.99. The van der Waals surface area contributed by atoms with Crippen LogP contribution in [0.5, 0.6) is 0 Å². The van der Waals surface area contributed by atoms with Crippen molar-refractivity contribution in [3.8, 4) is 11.3 Å². The van der Waals surface area contributed by atoms with Crippen molar-refractivity contribution in [1.82, 2.24) is 19.7 Å². The third-order valence-electron chi connectivity index (χ3n) is 6.72. The Balaban J connectivity index is 1.33. The molecule has 1 aromatic carbocycles. The lowest BCUT2D eigenvalue weighted by Gasteiger charge is -2.35. The Labute approximate surface area is 206 Å². The molecule has 2 aliphatic heterocycles. The van der Waals surface area contributed by atoms with Crippen molar-refractivity contribution < 1.29 is 19.0 Å². The number of anilines is 3. The molecule has 1 saturated heterocycles.